The molecule has 1 N–H and O–H groups in total. The van der Waals surface area contributed by atoms with Crippen LogP contribution in [0.25, 0.3) is 0 Å². The lowest BCUT2D eigenvalue weighted by atomic mass is 9.86. The van der Waals surface area contributed by atoms with Crippen molar-refractivity contribution in [1.29, 1.82) is 0 Å². The van der Waals surface area contributed by atoms with Crippen molar-refractivity contribution < 1.29 is 4.74 Å². The van der Waals surface area contributed by atoms with Crippen molar-refractivity contribution in [3.8, 4) is 0 Å². The Morgan fingerprint density at radius 2 is 1.95 bits per heavy atom. The molecule has 0 spiro atoms. The number of hydrogen-bond donors (Lipinski definition) is 1. The maximum absolute atomic E-state index is 6.02. The van der Waals surface area contributed by atoms with E-state index in [1.54, 1.807) is 0 Å². The van der Waals surface area contributed by atoms with E-state index in [4.69, 9.17) is 4.74 Å². The summed E-state index contributed by atoms with van der Waals surface area (Å²) in [6, 6.07) is 9.12. The number of ether oxygens (including phenoxy) is 1. The van der Waals surface area contributed by atoms with Gasteiger partial charge in [-0.25, -0.2) is 0 Å². The summed E-state index contributed by atoms with van der Waals surface area (Å²) >= 11 is 3.47. The molecule has 1 fully saturated rings. The normalized spacial score (nSPS) is 22.4. The smallest absolute Gasteiger partial charge is 0.0692 e. The van der Waals surface area contributed by atoms with Gasteiger partial charge in [0.15, 0.2) is 0 Å². The van der Waals surface area contributed by atoms with E-state index in [0.717, 1.165) is 43.3 Å². The summed E-state index contributed by atoms with van der Waals surface area (Å²) in [4.78, 5) is 0. The molecule has 0 bridgehead atoms. The van der Waals surface area contributed by atoms with Crippen LogP contribution in [0.3, 0.4) is 0 Å². The highest BCUT2D eigenvalue weighted by molar-refractivity contribution is 9.10. The molecule has 3 heteroatoms. The first kappa shape index (κ1) is 15.0. The van der Waals surface area contributed by atoms with Crippen molar-refractivity contribution >= 4 is 15.9 Å². The molecule has 1 aliphatic heterocycles. The molecule has 1 saturated heterocycles. The van der Waals surface area contributed by atoms with Gasteiger partial charge < -0.3 is 10.1 Å². The lowest BCUT2D eigenvalue weighted by Crippen LogP contribution is -2.46. The monoisotopic (exact) mass is 325 g/mol. The first-order valence-corrected chi connectivity index (χ1v) is 8.08. The summed E-state index contributed by atoms with van der Waals surface area (Å²) in [5.74, 6) is 0. The maximum atomic E-state index is 6.02. The highest BCUT2D eigenvalue weighted by Gasteiger charge is 2.34. The molecule has 0 radical (unpaired) electrons. The molecule has 2 rings (SSSR count). The summed E-state index contributed by atoms with van der Waals surface area (Å²) in [6.07, 6.45) is 4.48. The topological polar surface area (TPSA) is 21.3 Å². The summed E-state index contributed by atoms with van der Waals surface area (Å²) in [6.45, 7) is 6.31. The van der Waals surface area contributed by atoms with Gasteiger partial charge in [-0.2, -0.15) is 0 Å². The summed E-state index contributed by atoms with van der Waals surface area (Å²) < 4.78 is 7.15. The number of benzene rings is 1. The van der Waals surface area contributed by atoms with E-state index < -0.39 is 0 Å². The number of rotatable bonds is 5. The SMILES string of the molecule is CCC1(CC)CC(NCc2ccc(Br)cc2)CCO1. The van der Waals surface area contributed by atoms with E-state index in [2.05, 4.69) is 59.4 Å². The van der Waals surface area contributed by atoms with Gasteiger partial charge in [-0.15, -0.1) is 0 Å². The zero-order valence-corrected chi connectivity index (χ0v) is 13.5. The first-order valence-electron chi connectivity index (χ1n) is 7.29. The van der Waals surface area contributed by atoms with Crippen molar-refractivity contribution in [3.63, 3.8) is 0 Å². The third kappa shape index (κ3) is 4.04. The van der Waals surface area contributed by atoms with Crippen LogP contribution in [0.15, 0.2) is 28.7 Å². The Morgan fingerprint density at radius 1 is 1.26 bits per heavy atom. The minimum absolute atomic E-state index is 0.107. The van der Waals surface area contributed by atoms with Crippen LogP contribution < -0.4 is 5.32 Å². The van der Waals surface area contributed by atoms with Gasteiger partial charge >= 0.3 is 0 Å². The Balaban J connectivity index is 1.87. The molecule has 0 aromatic heterocycles. The van der Waals surface area contributed by atoms with E-state index in [1.807, 2.05) is 0 Å². The van der Waals surface area contributed by atoms with Gasteiger partial charge in [-0.05, 0) is 43.4 Å². The molecule has 1 unspecified atom stereocenters. The number of halogens is 1. The average Bonchev–Trinajstić information content (AvgIpc) is 2.47. The van der Waals surface area contributed by atoms with Gasteiger partial charge in [0.25, 0.3) is 0 Å². The molecule has 1 aromatic rings. The Hall–Kier alpha value is -0.380. The Labute approximate surface area is 125 Å². The van der Waals surface area contributed by atoms with Gasteiger partial charge in [-0.1, -0.05) is 41.9 Å². The van der Waals surface area contributed by atoms with Gasteiger partial charge in [0.05, 0.1) is 5.60 Å². The number of nitrogens with one attached hydrogen (secondary N) is 1. The van der Waals surface area contributed by atoms with Crippen LogP contribution in [0.1, 0.15) is 45.1 Å². The molecule has 19 heavy (non-hydrogen) atoms. The molecule has 1 atom stereocenters. The molecular weight excluding hydrogens is 302 g/mol. The predicted molar refractivity (Wildman–Crippen MR) is 83.3 cm³/mol. The highest BCUT2D eigenvalue weighted by atomic mass is 79.9. The van der Waals surface area contributed by atoms with Gasteiger partial charge in [0.1, 0.15) is 0 Å². The Morgan fingerprint density at radius 3 is 2.58 bits per heavy atom. The van der Waals surface area contributed by atoms with Crippen molar-refractivity contribution in [1.82, 2.24) is 5.32 Å². The molecule has 0 amide bonds. The molecule has 0 saturated carbocycles. The van der Waals surface area contributed by atoms with E-state index in [-0.39, 0.29) is 5.60 Å². The van der Waals surface area contributed by atoms with Gasteiger partial charge in [0, 0.05) is 23.7 Å². The van der Waals surface area contributed by atoms with E-state index in [1.165, 1.54) is 5.56 Å². The molecule has 0 aliphatic carbocycles. The number of hydrogen-bond acceptors (Lipinski definition) is 2. The predicted octanol–water partition coefficient (Wildman–Crippen LogP) is 4.28. The zero-order valence-electron chi connectivity index (χ0n) is 11.9. The lowest BCUT2D eigenvalue weighted by Gasteiger charge is -2.40. The van der Waals surface area contributed by atoms with Crippen LogP contribution in [0.2, 0.25) is 0 Å². The lowest BCUT2D eigenvalue weighted by molar-refractivity contribution is -0.0932. The van der Waals surface area contributed by atoms with Crippen LogP contribution in [0, 0.1) is 0 Å². The molecule has 1 aromatic carbocycles. The molecule has 1 heterocycles. The summed E-state index contributed by atoms with van der Waals surface area (Å²) in [7, 11) is 0. The minimum atomic E-state index is 0.107. The first-order chi connectivity index (χ1) is 9.17. The quantitative estimate of drug-likeness (QED) is 0.872. The fraction of sp³-hybridized carbons (Fsp3) is 0.625. The molecule has 1 aliphatic rings. The van der Waals surface area contributed by atoms with Crippen LogP contribution in [-0.2, 0) is 11.3 Å². The van der Waals surface area contributed by atoms with Crippen LogP contribution in [0.4, 0.5) is 0 Å². The third-order valence-corrected chi connectivity index (χ3v) is 4.82. The van der Waals surface area contributed by atoms with Crippen LogP contribution in [-0.4, -0.2) is 18.2 Å². The van der Waals surface area contributed by atoms with Crippen molar-refractivity contribution in [2.75, 3.05) is 6.61 Å². The standard InChI is InChI=1S/C16H24BrNO/c1-3-16(4-2)11-15(9-10-19-16)18-12-13-5-7-14(17)8-6-13/h5-8,15,18H,3-4,9-12H2,1-2H3. The Kier molecular flexibility index (Phi) is 5.43. The molecule has 106 valence electrons. The second-order valence-electron chi connectivity index (χ2n) is 5.44. The zero-order chi connectivity index (χ0) is 13.7. The second kappa shape index (κ2) is 6.87. The molecule has 2 nitrogen and oxygen atoms in total. The minimum Gasteiger partial charge on any atom is -0.375 e. The summed E-state index contributed by atoms with van der Waals surface area (Å²) in [5, 5.41) is 3.69. The van der Waals surface area contributed by atoms with E-state index in [9.17, 15) is 0 Å². The fourth-order valence-electron chi connectivity index (χ4n) is 2.81. The van der Waals surface area contributed by atoms with Crippen molar-refractivity contribution in [2.45, 2.75) is 57.7 Å². The van der Waals surface area contributed by atoms with Crippen LogP contribution in [0.5, 0.6) is 0 Å². The third-order valence-electron chi connectivity index (χ3n) is 4.29. The van der Waals surface area contributed by atoms with E-state index >= 15 is 0 Å². The average molecular weight is 326 g/mol. The van der Waals surface area contributed by atoms with Crippen molar-refractivity contribution in [3.05, 3.63) is 34.3 Å². The van der Waals surface area contributed by atoms with Gasteiger partial charge in [-0.3, -0.25) is 0 Å². The molecular formula is C16H24BrNO. The summed E-state index contributed by atoms with van der Waals surface area (Å²) in [5.41, 5.74) is 1.45. The second-order valence-corrected chi connectivity index (χ2v) is 6.35. The van der Waals surface area contributed by atoms with E-state index in [0.29, 0.717) is 6.04 Å². The van der Waals surface area contributed by atoms with Crippen LogP contribution >= 0.6 is 15.9 Å². The fourth-order valence-corrected chi connectivity index (χ4v) is 3.07. The van der Waals surface area contributed by atoms with Crippen molar-refractivity contribution in [2.24, 2.45) is 0 Å². The highest BCUT2D eigenvalue weighted by Crippen LogP contribution is 2.31. The Bertz CT molecular complexity index is 386. The maximum Gasteiger partial charge on any atom is 0.0692 e. The van der Waals surface area contributed by atoms with Gasteiger partial charge in [0.2, 0.25) is 0 Å². The largest absolute Gasteiger partial charge is 0.375 e.